The van der Waals surface area contributed by atoms with E-state index in [0.29, 0.717) is 21.2 Å². The van der Waals surface area contributed by atoms with Gasteiger partial charge in [-0.2, -0.15) is 13.2 Å². The van der Waals surface area contributed by atoms with Crippen molar-refractivity contribution in [3.63, 3.8) is 0 Å². The van der Waals surface area contributed by atoms with Crippen LogP contribution in [0.2, 0.25) is 5.02 Å². The Bertz CT molecular complexity index is 1150. The average molecular weight is 452 g/mol. The molecule has 1 fully saturated rings. The van der Waals surface area contributed by atoms with E-state index in [1.807, 2.05) is 0 Å². The van der Waals surface area contributed by atoms with Crippen molar-refractivity contribution in [2.24, 2.45) is 0 Å². The lowest BCUT2D eigenvalue weighted by atomic mass is 10.0. The maximum atomic E-state index is 13.2. The van der Waals surface area contributed by atoms with Gasteiger partial charge < -0.3 is 10.2 Å². The van der Waals surface area contributed by atoms with Crippen LogP contribution in [0.15, 0.2) is 48.5 Å². The number of benzene rings is 2. The molecule has 1 N–H and O–H groups in total. The number of amides is 2. The van der Waals surface area contributed by atoms with Gasteiger partial charge in [0.2, 0.25) is 5.91 Å². The molecule has 0 saturated carbocycles. The van der Waals surface area contributed by atoms with Crippen molar-refractivity contribution >= 4 is 34.8 Å². The number of hydrogen-bond acceptors (Lipinski definition) is 4. The van der Waals surface area contributed by atoms with Crippen LogP contribution in [0.1, 0.15) is 15.4 Å². The van der Waals surface area contributed by atoms with E-state index in [-0.39, 0.29) is 29.7 Å². The molecule has 2 heterocycles. The van der Waals surface area contributed by atoms with Crippen LogP contribution in [0.25, 0.3) is 21.7 Å². The summed E-state index contributed by atoms with van der Waals surface area (Å²) in [5, 5.41) is 3.04. The topological polar surface area (TPSA) is 62.3 Å². The van der Waals surface area contributed by atoms with Crippen molar-refractivity contribution < 1.29 is 22.8 Å². The van der Waals surface area contributed by atoms with E-state index in [4.69, 9.17) is 11.6 Å². The molecule has 154 valence electrons. The van der Waals surface area contributed by atoms with E-state index in [9.17, 15) is 22.8 Å². The second-order valence-corrected chi connectivity index (χ2v) is 7.98. The van der Waals surface area contributed by atoms with E-state index < -0.39 is 17.6 Å². The normalized spacial score (nSPS) is 14.1. The fourth-order valence-corrected chi connectivity index (χ4v) is 4.27. The molecule has 0 bridgehead atoms. The van der Waals surface area contributed by atoms with Crippen LogP contribution in [0.5, 0.6) is 0 Å². The van der Waals surface area contributed by atoms with Crippen molar-refractivity contribution in [2.45, 2.75) is 6.18 Å². The molecule has 0 atom stereocenters. The molecule has 4 rings (SSSR count). The summed E-state index contributed by atoms with van der Waals surface area (Å²) < 4.78 is 39.6. The van der Waals surface area contributed by atoms with Gasteiger partial charge in [0.05, 0.1) is 22.8 Å². The third kappa shape index (κ3) is 4.03. The van der Waals surface area contributed by atoms with Gasteiger partial charge in [0.25, 0.3) is 5.91 Å². The molecular weight excluding hydrogens is 439 g/mol. The van der Waals surface area contributed by atoms with E-state index in [0.717, 1.165) is 23.5 Å². The van der Waals surface area contributed by atoms with Gasteiger partial charge >= 0.3 is 6.18 Å². The highest BCUT2D eigenvalue weighted by Crippen LogP contribution is 2.40. The summed E-state index contributed by atoms with van der Waals surface area (Å²) >= 11 is 7.05. The van der Waals surface area contributed by atoms with Crippen LogP contribution in [-0.2, 0) is 11.0 Å². The molecule has 0 aliphatic carbocycles. The van der Waals surface area contributed by atoms with Gasteiger partial charge in [-0.3, -0.25) is 9.59 Å². The van der Waals surface area contributed by atoms with Crippen molar-refractivity contribution in [1.29, 1.82) is 0 Å². The molecular formula is C20H13ClF3N3O2S. The molecule has 1 aliphatic rings. The first-order valence-electron chi connectivity index (χ1n) is 8.73. The van der Waals surface area contributed by atoms with E-state index in [2.05, 4.69) is 10.3 Å². The minimum atomic E-state index is -4.50. The molecule has 5 nitrogen and oxygen atoms in total. The van der Waals surface area contributed by atoms with Gasteiger partial charge in [-0.25, -0.2) is 4.98 Å². The zero-order valence-electron chi connectivity index (χ0n) is 15.2. The first-order chi connectivity index (χ1) is 14.2. The van der Waals surface area contributed by atoms with Gasteiger partial charge in [-0.05, 0) is 29.8 Å². The van der Waals surface area contributed by atoms with Crippen LogP contribution in [0.4, 0.5) is 13.2 Å². The number of aromatic nitrogens is 1. The number of alkyl halides is 3. The Kier molecular flexibility index (Phi) is 5.25. The van der Waals surface area contributed by atoms with E-state index in [1.54, 1.807) is 24.3 Å². The van der Waals surface area contributed by atoms with Crippen LogP contribution in [0.3, 0.4) is 0 Å². The summed E-state index contributed by atoms with van der Waals surface area (Å²) in [5.41, 5.74) is 0.407. The molecule has 30 heavy (non-hydrogen) atoms. The van der Waals surface area contributed by atoms with Gasteiger partial charge in [0.1, 0.15) is 6.54 Å². The van der Waals surface area contributed by atoms with Gasteiger partial charge in [0.15, 0.2) is 5.01 Å². The maximum absolute atomic E-state index is 13.2. The Hall–Kier alpha value is -2.91. The Morgan fingerprint density at radius 3 is 2.53 bits per heavy atom. The van der Waals surface area contributed by atoms with Crippen LogP contribution >= 0.6 is 22.9 Å². The summed E-state index contributed by atoms with van der Waals surface area (Å²) in [6, 6.07) is 11.5. The number of nitrogens with zero attached hydrogens (tertiary/aromatic N) is 2. The molecule has 10 heteroatoms. The highest BCUT2D eigenvalue weighted by Gasteiger charge is 2.32. The molecule has 0 spiro atoms. The third-order valence-electron chi connectivity index (χ3n) is 4.45. The minimum absolute atomic E-state index is 0.0582. The molecule has 0 unspecified atom stereocenters. The number of nitrogens with one attached hydrogen (secondary N) is 1. The van der Waals surface area contributed by atoms with Gasteiger partial charge in [-0.15, -0.1) is 11.3 Å². The summed E-state index contributed by atoms with van der Waals surface area (Å²) in [7, 11) is 0. The van der Waals surface area contributed by atoms with E-state index >= 15 is 0 Å². The first-order valence-corrected chi connectivity index (χ1v) is 9.92. The quantitative estimate of drug-likeness (QED) is 0.629. The predicted octanol–water partition coefficient (Wildman–Crippen LogP) is 4.68. The van der Waals surface area contributed by atoms with Gasteiger partial charge in [-0.1, -0.05) is 35.9 Å². The molecule has 2 aromatic carbocycles. The lowest BCUT2D eigenvalue weighted by Crippen LogP contribution is -2.29. The molecule has 1 aromatic heterocycles. The van der Waals surface area contributed by atoms with Crippen molar-refractivity contribution in [3.8, 4) is 21.7 Å². The molecule has 0 radical (unpaired) electrons. The second kappa shape index (κ2) is 7.73. The van der Waals surface area contributed by atoms with Crippen LogP contribution in [0, 0.1) is 0 Å². The van der Waals surface area contributed by atoms with E-state index in [1.165, 1.54) is 17.0 Å². The standard InChI is InChI=1S/C20H13ClF3N3O2S/c21-14-6-2-3-11(8-14)16-17(12-4-1-5-13(7-12)20(22,23)24)30-18(26-16)19(29)27-9-15(28)25-10-27/h1-8H,9-10H2,(H,25,28). The smallest absolute Gasteiger partial charge is 0.337 e. The fourth-order valence-electron chi connectivity index (χ4n) is 3.02. The van der Waals surface area contributed by atoms with Crippen LogP contribution < -0.4 is 5.32 Å². The number of carbonyl (C=O) groups is 2. The predicted molar refractivity (Wildman–Crippen MR) is 107 cm³/mol. The first kappa shape index (κ1) is 20.4. The molecule has 1 saturated heterocycles. The third-order valence-corrected chi connectivity index (χ3v) is 5.78. The number of carbonyl (C=O) groups excluding carboxylic acids is 2. The number of rotatable bonds is 3. The average Bonchev–Trinajstić information content (AvgIpc) is 3.34. The van der Waals surface area contributed by atoms with Crippen molar-refractivity contribution in [2.75, 3.05) is 13.2 Å². The molecule has 3 aromatic rings. The highest BCUT2D eigenvalue weighted by atomic mass is 35.5. The summed E-state index contributed by atoms with van der Waals surface area (Å²) in [6.07, 6.45) is -4.50. The fraction of sp³-hybridized carbons (Fsp3) is 0.150. The summed E-state index contributed by atoms with van der Waals surface area (Å²) in [5.74, 6) is -0.757. The van der Waals surface area contributed by atoms with Crippen molar-refractivity contribution in [1.82, 2.24) is 15.2 Å². The molecule has 2 amide bonds. The van der Waals surface area contributed by atoms with Crippen molar-refractivity contribution in [3.05, 3.63) is 64.1 Å². The lowest BCUT2D eigenvalue weighted by Gasteiger charge is -2.10. The number of thiazole rings is 1. The Labute approximate surface area is 178 Å². The summed E-state index contributed by atoms with van der Waals surface area (Å²) in [6.45, 7) is -0.0353. The maximum Gasteiger partial charge on any atom is 0.416 e. The summed E-state index contributed by atoms with van der Waals surface area (Å²) in [4.78, 5) is 30.3. The Morgan fingerprint density at radius 2 is 1.87 bits per heavy atom. The minimum Gasteiger partial charge on any atom is -0.337 e. The monoisotopic (exact) mass is 451 g/mol. The zero-order valence-corrected chi connectivity index (χ0v) is 16.7. The Balaban J connectivity index is 1.83. The largest absolute Gasteiger partial charge is 0.416 e. The highest BCUT2D eigenvalue weighted by molar-refractivity contribution is 7.17. The van der Waals surface area contributed by atoms with Gasteiger partial charge in [0, 0.05) is 10.6 Å². The lowest BCUT2D eigenvalue weighted by molar-refractivity contribution is -0.137. The SMILES string of the molecule is O=C1CN(C(=O)c2nc(-c3cccc(Cl)c3)c(-c3cccc(C(F)(F)F)c3)s2)CN1. The number of hydrogen-bond donors (Lipinski definition) is 1. The zero-order chi connectivity index (χ0) is 21.5. The number of halogens is 4. The van der Waals surface area contributed by atoms with Crippen LogP contribution in [-0.4, -0.2) is 34.9 Å². The Morgan fingerprint density at radius 1 is 1.13 bits per heavy atom. The second-order valence-electron chi connectivity index (χ2n) is 6.55. The molecule has 1 aliphatic heterocycles.